The minimum Gasteiger partial charge on any atom is -0.493 e. The third-order valence-electron chi connectivity index (χ3n) is 3.85. The minimum atomic E-state index is -2.93. The van der Waals surface area contributed by atoms with Crippen molar-refractivity contribution in [1.82, 2.24) is 10.2 Å². The van der Waals surface area contributed by atoms with Crippen LogP contribution in [0.2, 0.25) is 0 Å². The van der Waals surface area contributed by atoms with Gasteiger partial charge in [-0.3, -0.25) is 0 Å². The molecule has 6 nitrogen and oxygen atoms in total. The smallest absolute Gasteiger partial charge is 0.387 e. The number of likely N-dealkylation sites (tertiary alicyclic amines) is 1. The Morgan fingerprint density at radius 1 is 1.42 bits per heavy atom. The van der Waals surface area contributed by atoms with Gasteiger partial charge in [0, 0.05) is 25.6 Å². The van der Waals surface area contributed by atoms with Crippen molar-refractivity contribution >= 4 is 6.03 Å². The lowest BCUT2D eigenvalue weighted by Gasteiger charge is -2.29. The van der Waals surface area contributed by atoms with E-state index in [2.05, 4.69) is 16.1 Å². The summed E-state index contributed by atoms with van der Waals surface area (Å²) in [6.45, 7) is -1.59. The number of alkyl halides is 2. The summed E-state index contributed by atoms with van der Waals surface area (Å²) >= 11 is 0. The number of rotatable bonds is 5. The molecule has 2 amide bonds. The number of halogens is 2. The Kier molecular flexibility index (Phi) is 6.18. The summed E-state index contributed by atoms with van der Waals surface area (Å²) in [5, 5.41) is 11.6. The molecule has 0 saturated carbocycles. The Morgan fingerprint density at radius 3 is 2.71 bits per heavy atom. The number of carbonyl (C=O) groups excluding carboxylic acids is 1. The van der Waals surface area contributed by atoms with Crippen molar-refractivity contribution in [3.63, 3.8) is 0 Å². The molecule has 24 heavy (non-hydrogen) atoms. The van der Waals surface area contributed by atoms with Gasteiger partial charge in [0.25, 0.3) is 0 Å². The van der Waals surface area contributed by atoms with Crippen molar-refractivity contribution in [2.24, 2.45) is 5.92 Å². The highest BCUT2D eigenvalue weighted by atomic mass is 19.3. The van der Waals surface area contributed by atoms with E-state index in [0.717, 1.165) is 0 Å². The van der Waals surface area contributed by atoms with Crippen molar-refractivity contribution in [2.75, 3.05) is 20.2 Å². The first-order valence-corrected chi connectivity index (χ1v) is 7.57. The summed E-state index contributed by atoms with van der Waals surface area (Å²) < 4.78 is 34.0. The summed E-state index contributed by atoms with van der Waals surface area (Å²) in [6.07, 6.45) is 1.36. The highest BCUT2D eigenvalue weighted by Gasteiger charge is 2.22. The van der Waals surface area contributed by atoms with E-state index in [0.29, 0.717) is 31.5 Å². The predicted octanol–water partition coefficient (Wildman–Crippen LogP) is 2.74. The Balaban J connectivity index is 1.90. The van der Waals surface area contributed by atoms with Crippen molar-refractivity contribution < 1.29 is 23.0 Å². The quantitative estimate of drug-likeness (QED) is 0.895. The van der Waals surface area contributed by atoms with Crippen LogP contribution < -0.4 is 14.8 Å². The Hall–Kier alpha value is -2.56. The Morgan fingerprint density at radius 2 is 2.12 bits per heavy atom. The average molecular weight is 339 g/mol. The van der Waals surface area contributed by atoms with E-state index in [-0.39, 0.29) is 30.0 Å². The maximum Gasteiger partial charge on any atom is 0.387 e. The number of amides is 2. The van der Waals surface area contributed by atoms with Gasteiger partial charge in [0.15, 0.2) is 11.5 Å². The molecular weight excluding hydrogens is 320 g/mol. The minimum absolute atomic E-state index is 0.0145. The molecule has 8 heteroatoms. The van der Waals surface area contributed by atoms with Gasteiger partial charge in [-0.1, -0.05) is 6.07 Å². The maximum atomic E-state index is 12.3. The first-order chi connectivity index (χ1) is 11.5. The molecule has 0 spiro atoms. The number of nitrogens with one attached hydrogen (secondary N) is 1. The lowest BCUT2D eigenvalue weighted by Crippen LogP contribution is -2.44. The number of hydrogen-bond acceptors (Lipinski definition) is 4. The molecule has 130 valence electrons. The normalized spacial score (nSPS) is 15.0. The van der Waals surface area contributed by atoms with Crippen LogP contribution >= 0.6 is 0 Å². The summed E-state index contributed by atoms with van der Waals surface area (Å²) in [4.78, 5) is 13.8. The van der Waals surface area contributed by atoms with Gasteiger partial charge in [-0.15, -0.1) is 0 Å². The number of piperidine rings is 1. The van der Waals surface area contributed by atoms with Gasteiger partial charge in [0.1, 0.15) is 0 Å². The van der Waals surface area contributed by atoms with Crippen LogP contribution in [0.1, 0.15) is 18.4 Å². The number of hydrogen-bond donors (Lipinski definition) is 1. The fraction of sp³-hybridized carbons (Fsp3) is 0.500. The molecule has 1 aromatic rings. The molecule has 0 aliphatic carbocycles. The molecule has 1 fully saturated rings. The molecule has 2 rings (SSSR count). The van der Waals surface area contributed by atoms with Gasteiger partial charge in [-0.2, -0.15) is 14.0 Å². The van der Waals surface area contributed by atoms with Crippen LogP contribution in [-0.2, 0) is 6.54 Å². The zero-order valence-corrected chi connectivity index (χ0v) is 13.3. The van der Waals surface area contributed by atoms with Crippen molar-refractivity contribution in [3.8, 4) is 17.6 Å². The summed E-state index contributed by atoms with van der Waals surface area (Å²) in [7, 11) is 1.36. The first kappa shape index (κ1) is 17.8. The predicted molar refractivity (Wildman–Crippen MR) is 81.8 cm³/mol. The summed E-state index contributed by atoms with van der Waals surface area (Å²) in [5.41, 5.74) is 0.703. The third kappa shape index (κ3) is 4.72. The average Bonchev–Trinajstić information content (AvgIpc) is 2.60. The molecule has 1 aliphatic rings. The molecule has 1 N–H and O–H groups in total. The number of ether oxygens (including phenoxy) is 2. The second kappa shape index (κ2) is 8.34. The van der Waals surface area contributed by atoms with E-state index in [1.54, 1.807) is 17.0 Å². The van der Waals surface area contributed by atoms with Crippen molar-refractivity contribution in [1.29, 1.82) is 5.26 Å². The Bertz CT molecular complexity index is 611. The van der Waals surface area contributed by atoms with Crippen LogP contribution in [0.4, 0.5) is 13.6 Å². The Labute approximate surface area is 138 Å². The molecule has 0 aromatic heterocycles. The topological polar surface area (TPSA) is 74.6 Å². The summed E-state index contributed by atoms with van der Waals surface area (Å²) in [6, 6.07) is 6.51. The lowest BCUT2D eigenvalue weighted by atomic mass is 9.99. The molecule has 0 radical (unpaired) electrons. The van der Waals surface area contributed by atoms with Gasteiger partial charge in [0.05, 0.1) is 13.2 Å². The molecular formula is C16H19F2N3O3. The SMILES string of the molecule is COc1cc(CNC(=O)N2CCC(C#N)CC2)ccc1OC(F)F. The number of carbonyl (C=O) groups is 1. The van der Waals surface area contributed by atoms with E-state index < -0.39 is 6.61 Å². The van der Waals surface area contributed by atoms with Crippen LogP contribution in [-0.4, -0.2) is 37.7 Å². The third-order valence-corrected chi connectivity index (χ3v) is 3.85. The van der Waals surface area contributed by atoms with Crippen LogP contribution in [0.15, 0.2) is 18.2 Å². The number of urea groups is 1. The largest absolute Gasteiger partial charge is 0.493 e. The van der Waals surface area contributed by atoms with Crippen LogP contribution in [0.3, 0.4) is 0 Å². The van der Waals surface area contributed by atoms with E-state index in [1.807, 2.05) is 0 Å². The standard InChI is InChI=1S/C16H19F2N3O3/c1-23-14-8-12(2-3-13(14)24-15(17)18)10-20-16(22)21-6-4-11(9-19)5-7-21/h2-3,8,11,15H,4-7,10H2,1H3,(H,20,22). The van der Waals surface area contributed by atoms with E-state index >= 15 is 0 Å². The zero-order chi connectivity index (χ0) is 17.5. The van der Waals surface area contributed by atoms with Gasteiger partial charge >= 0.3 is 12.6 Å². The van der Waals surface area contributed by atoms with Gasteiger partial charge < -0.3 is 19.7 Å². The highest BCUT2D eigenvalue weighted by Crippen LogP contribution is 2.29. The first-order valence-electron chi connectivity index (χ1n) is 7.57. The van der Waals surface area contributed by atoms with Crippen LogP contribution in [0.5, 0.6) is 11.5 Å². The van der Waals surface area contributed by atoms with Gasteiger partial charge in [0.2, 0.25) is 0 Å². The fourth-order valence-corrected chi connectivity index (χ4v) is 2.52. The second-order valence-electron chi connectivity index (χ2n) is 5.41. The van der Waals surface area contributed by atoms with Crippen LogP contribution in [0, 0.1) is 17.2 Å². The van der Waals surface area contributed by atoms with Gasteiger partial charge in [-0.05, 0) is 30.5 Å². The van der Waals surface area contributed by atoms with E-state index in [4.69, 9.17) is 10.00 Å². The molecule has 0 atom stereocenters. The second-order valence-corrected chi connectivity index (χ2v) is 5.41. The maximum absolute atomic E-state index is 12.3. The van der Waals surface area contributed by atoms with E-state index in [1.165, 1.54) is 13.2 Å². The zero-order valence-electron chi connectivity index (χ0n) is 13.3. The molecule has 1 saturated heterocycles. The van der Waals surface area contributed by atoms with Crippen LogP contribution in [0.25, 0.3) is 0 Å². The number of methoxy groups -OCH3 is 1. The molecule has 0 unspecified atom stereocenters. The van der Waals surface area contributed by atoms with Crippen molar-refractivity contribution in [3.05, 3.63) is 23.8 Å². The molecule has 0 bridgehead atoms. The van der Waals surface area contributed by atoms with Crippen molar-refractivity contribution in [2.45, 2.75) is 26.0 Å². The monoisotopic (exact) mass is 339 g/mol. The van der Waals surface area contributed by atoms with Gasteiger partial charge in [-0.25, -0.2) is 4.79 Å². The molecule has 1 aliphatic heterocycles. The fourth-order valence-electron chi connectivity index (χ4n) is 2.52. The molecule has 1 heterocycles. The number of nitriles is 1. The number of nitrogens with zero attached hydrogens (tertiary/aromatic N) is 2. The van der Waals surface area contributed by atoms with E-state index in [9.17, 15) is 13.6 Å². The molecule has 1 aromatic carbocycles. The lowest BCUT2D eigenvalue weighted by molar-refractivity contribution is -0.0512. The number of benzene rings is 1. The highest BCUT2D eigenvalue weighted by molar-refractivity contribution is 5.74. The summed E-state index contributed by atoms with van der Waals surface area (Å²) in [5.74, 6) is 0.138.